The van der Waals surface area contributed by atoms with Crippen LogP contribution >= 0.6 is 0 Å². The van der Waals surface area contributed by atoms with E-state index in [0.717, 1.165) is 0 Å². The van der Waals surface area contributed by atoms with E-state index in [2.05, 4.69) is 0 Å². The molecular formula is Bi50Cd12Pb25Sn12. The van der Waals surface area contributed by atoms with Crippen LogP contribution in [0.15, 0.2) is 0 Å². The third kappa shape index (κ3) is 814. The van der Waals surface area contributed by atoms with E-state index in [1.807, 2.05) is 0 Å². The molecule has 0 fully saturated rings. The molecule has 298 radical (unpaired) electrons. The molecule has 99 heteroatoms. The first-order valence-electron chi connectivity index (χ1n) is 0. The second-order valence-electron chi connectivity index (χ2n) is 0. The van der Waals surface area contributed by atoms with E-state index >= 15 is 0 Å². The Bertz CT molecular complexity index is 172. The van der Waals surface area contributed by atoms with Crippen molar-refractivity contribution in [3.8, 4) is 0 Å². The Morgan fingerprint density at radius 1 is 0.0404 bits per heavy atom. The van der Waals surface area contributed by atoms with Crippen molar-refractivity contribution in [2.75, 3.05) is 0 Å². The largest absolute Gasteiger partial charge is 0 e. The van der Waals surface area contributed by atoms with Crippen molar-refractivity contribution in [3.05, 3.63) is 0 Å². The number of hydrogen-bond donors (Lipinski definition) is 0. The van der Waals surface area contributed by atoms with Crippen LogP contribution in [0.2, 0.25) is 0 Å². The molecule has 0 rings (SSSR count). The van der Waals surface area contributed by atoms with Gasteiger partial charge in [-0.15, -0.1) is 0 Å². The summed E-state index contributed by atoms with van der Waals surface area (Å²) in [5.74, 6) is 0. The predicted octanol–water partition coefficient (Wildman–Crippen LogP) is -33.2. The summed E-state index contributed by atoms with van der Waals surface area (Å²) in [6.07, 6.45) is 0. The molecule has 0 N–H and O–H groups in total. The fourth-order valence-electron chi connectivity index (χ4n) is 0. The van der Waals surface area contributed by atoms with Gasteiger partial charge in [0, 0.05) is 2610 Å². The van der Waals surface area contributed by atoms with E-state index in [4.69, 9.17) is 0 Å². The Labute approximate surface area is 2510 Å². The van der Waals surface area contributed by atoms with Gasteiger partial charge in [0.25, 0.3) is 0 Å². The Hall–Kier alpha value is 87.9. The average Bonchev–Trinajstić information content (AvgIpc) is 0. The standard InChI is InChI=1S/50Bi.12Cd.25Pb.12Sn. The van der Waals surface area contributed by atoms with E-state index in [9.17, 15) is 0 Å². The van der Waals surface area contributed by atoms with Gasteiger partial charge in [-0.3, -0.25) is 0 Å². The van der Waals surface area contributed by atoms with Gasteiger partial charge >= 0.3 is 0 Å². The van der Waals surface area contributed by atoms with Crippen molar-refractivity contribution in [2.24, 2.45) is 0 Å². The number of hydrogen-bond acceptors (Lipinski definition) is 0. The maximum Gasteiger partial charge on any atom is 0 e. The zero-order chi connectivity index (χ0) is 0. The van der Waals surface area contributed by atoms with Gasteiger partial charge in [0.2, 0.25) is 0 Å². The van der Waals surface area contributed by atoms with Gasteiger partial charge < -0.3 is 0 Å². The van der Waals surface area contributed by atoms with Crippen LogP contribution in [-0.4, -0.2) is 2280 Å². The first kappa shape index (κ1) is 836. The van der Waals surface area contributed by atoms with Crippen molar-refractivity contribution in [3.63, 3.8) is 0 Å². The third-order valence-electron chi connectivity index (χ3n) is 0. The molecule has 0 saturated heterocycles. The summed E-state index contributed by atoms with van der Waals surface area (Å²) in [4.78, 5) is 0. The van der Waals surface area contributed by atoms with Crippen LogP contribution in [0.1, 0.15) is 0 Å². The third-order valence-corrected chi connectivity index (χ3v) is 0. The van der Waals surface area contributed by atoms with Crippen molar-refractivity contribution in [1.29, 1.82) is 0 Å². The zero-order valence-corrected chi connectivity index (χ0v) is 403. The van der Waals surface area contributed by atoms with E-state index in [1.54, 1.807) is 0 Å². The van der Waals surface area contributed by atoms with Crippen LogP contribution in [0.25, 0.3) is 0 Å². The first-order chi connectivity index (χ1) is 0. The molecule has 0 aliphatic heterocycles. The Morgan fingerprint density at radius 3 is 0.0404 bits per heavy atom. The van der Waals surface area contributed by atoms with Gasteiger partial charge in [-0.05, 0) is 0 Å². The Balaban J connectivity index is 0. The summed E-state index contributed by atoms with van der Waals surface area (Å²) in [5, 5.41) is 0. The quantitative estimate of drug-likeness (QED) is 0.212. The maximum absolute atomic E-state index is 0. The van der Waals surface area contributed by atoms with E-state index in [0.29, 0.717) is 0 Å². The van der Waals surface area contributed by atoms with Crippen LogP contribution in [0.4, 0.5) is 0 Å². The minimum atomic E-state index is 0. The van der Waals surface area contributed by atoms with Crippen molar-refractivity contribution in [1.82, 2.24) is 0 Å². The average molecular weight is 18400 g/mol. The topological polar surface area (TPSA) is 0 Å². The predicted molar refractivity (Wildman–Crippen MR) is 501 cm³/mol. The molecule has 0 saturated carbocycles. The summed E-state index contributed by atoms with van der Waals surface area (Å²) >= 11 is 0. The first-order valence-corrected chi connectivity index (χ1v) is 0. The summed E-state index contributed by atoms with van der Waals surface area (Å²) in [6.45, 7) is 0. The molecule has 0 spiro atoms. The monoisotopic (exact) mass is 18500 g/mol. The van der Waals surface area contributed by atoms with Crippen LogP contribution in [0, 0.1) is 0 Å². The minimum absolute atomic E-state index is 0. The molecular weight excluding hydrogens is 18400 g/mol. The second-order valence-corrected chi connectivity index (χ2v) is 0. The smallest absolute Gasteiger partial charge is 0 e. The molecule has 0 aliphatic carbocycles. The Morgan fingerprint density at radius 2 is 0.0404 bits per heavy atom. The van der Waals surface area contributed by atoms with Gasteiger partial charge in [-0.1, -0.05) is 0 Å². The van der Waals surface area contributed by atoms with Gasteiger partial charge in [0.05, 0.1) is 0 Å². The fourth-order valence-corrected chi connectivity index (χ4v) is 0. The minimum Gasteiger partial charge on any atom is 0 e. The summed E-state index contributed by atoms with van der Waals surface area (Å²) < 4.78 is 0. The molecule has 99 heavy (non-hydrogen) atoms. The molecule has 0 aromatic rings. The molecule has 0 aliphatic rings. The molecule has 0 nitrogen and oxygen atoms in total. The van der Waals surface area contributed by atoms with Crippen molar-refractivity contribution in [2.45, 2.75) is 0 Å². The molecule has 0 bridgehead atoms. The fraction of sp³-hybridized carbons (Fsp3) is 0. The van der Waals surface area contributed by atoms with Crippen LogP contribution in [-0.2, 0) is 328 Å². The van der Waals surface area contributed by atoms with Gasteiger partial charge in [0.15, 0.2) is 0 Å². The molecule has 0 atom stereocenters. The SMILES string of the molecule is [Bi].[Bi].[Bi].[Bi].[Bi].[Bi].[Bi].[Bi].[Bi].[Bi].[Bi].[Bi].[Bi].[Bi].[Bi].[Bi].[Bi].[Bi].[Bi].[Bi].[Bi].[Bi].[Bi].[Bi].[Bi].[Bi].[Bi].[Bi].[Bi].[Bi].[Bi].[Bi].[Bi].[Bi].[Bi].[Bi].[Bi].[Bi].[Bi].[Bi].[Bi].[Bi].[Bi].[Bi].[Bi].[Bi].[Bi].[Bi].[Bi].[Bi].[Cd].[Cd].[Cd].[Cd].[Cd].[Cd].[Cd].[Cd].[Cd].[Cd].[Cd].[Cd].[Pb].[Pb].[Pb].[Pb].[Pb].[Pb].[Pb].[Pb].[Pb].[Pb].[Pb].[Pb].[Pb].[Pb].[Pb].[Pb].[Pb].[Pb].[Pb].[Pb].[Pb].[Pb].[Pb].[Pb].[Pb].[Sn].[Sn].[Sn].[Sn].[Sn].[Sn].[Sn].[Sn].[Sn].[Sn].[Sn].[Sn]. The molecule has 0 unspecified atom stereocenters. The molecule has 0 amide bonds. The number of rotatable bonds is 0. The van der Waals surface area contributed by atoms with Crippen molar-refractivity contribution < 1.29 is 328 Å². The zero-order valence-electron chi connectivity index (χ0n) is 49.3. The van der Waals surface area contributed by atoms with E-state index in [1.165, 1.54) is 0 Å². The summed E-state index contributed by atoms with van der Waals surface area (Å²) in [5.41, 5.74) is 0. The molecule has 422 valence electrons. The van der Waals surface area contributed by atoms with E-state index in [-0.39, 0.29) is 2610 Å². The van der Waals surface area contributed by atoms with Crippen molar-refractivity contribution >= 4 is 2280 Å². The molecule has 0 aromatic carbocycles. The van der Waals surface area contributed by atoms with Gasteiger partial charge in [-0.2, -0.15) is 0 Å². The maximum atomic E-state index is 0. The summed E-state index contributed by atoms with van der Waals surface area (Å²) in [7, 11) is 0. The normalized spacial score (nSPS) is 0. The van der Waals surface area contributed by atoms with E-state index < -0.39 is 0 Å². The summed E-state index contributed by atoms with van der Waals surface area (Å²) in [6, 6.07) is 0. The van der Waals surface area contributed by atoms with Gasteiger partial charge in [0.1, 0.15) is 0 Å². The van der Waals surface area contributed by atoms with Crippen LogP contribution in [0.5, 0.6) is 0 Å². The van der Waals surface area contributed by atoms with Crippen LogP contribution in [0.3, 0.4) is 0 Å². The van der Waals surface area contributed by atoms with Crippen LogP contribution < -0.4 is 0 Å². The second kappa shape index (κ2) is 823. The Kier molecular flexibility index (Phi) is 6950. The molecule has 0 aromatic heterocycles. The van der Waals surface area contributed by atoms with Gasteiger partial charge in [-0.25, -0.2) is 0 Å². The molecule has 0 heterocycles.